The Morgan fingerprint density at radius 3 is 2.41 bits per heavy atom. The van der Waals surface area contributed by atoms with Crippen LogP contribution in [0.15, 0.2) is 78.6 Å². The third kappa shape index (κ3) is 3.80. The minimum atomic E-state index is -0.810. The van der Waals surface area contributed by atoms with Crippen molar-refractivity contribution in [3.63, 3.8) is 0 Å². The van der Waals surface area contributed by atoms with Crippen LogP contribution < -0.4 is 9.47 Å². The molecule has 7 heteroatoms. The average Bonchev–Trinajstić information content (AvgIpc) is 3.09. The van der Waals surface area contributed by atoms with E-state index >= 15 is 0 Å². The molecule has 0 bridgehead atoms. The van der Waals surface area contributed by atoms with E-state index in [1.165, 1.54) is 19.1 Å². The highest BCUT2D eigenvalue weighted by Gasteiger charge is 2.46. The maximum atomic E-state index is 13.1. The van der Waals surface area contributed by atoms with Crippen LogP contribution in [0.4, 0.5) is 0 Å². The quantitative estimate of drug-likeness (QED) is 0.364. The molecule has 1 saturated heterocycles. The lowest BCUT2D eigenvalue weighted by molar-refractivity contribution is -0.140. The van der Waals surface area contributed by atoms with Crippen LogP contribution in [0.3, 0.4) is 0 Å². The number of aromatic nitrogens is 1. The van der Waals surface area contributed by atoms with Crippen LogP contribution in [0.25, 0.3) is 5.76 Å². The molecule has 0 saturated carbocycles. The highest BCUT2D eigenvalue weighted by molar-refractivity contribution is 6.46. The number of hydrogen-bond acceptors (Lipinski definition) is 6. The molecule has 1 atom stereocenters. The van der Waals surface area contributed by atoms with Gasteiger partial charge in [-0.1, -0.05) is 42.5 Å². The number of ketones is 1. The zero-order chi connectivity index (χ0) is 22.7. The Bertz CT molecular complexity index is 1180. The van der Waals surface area contributed by atoms with E-state index in [0.717, 1.165) is 5.56 Å². The summed E-state index contributed by atoms with van der Waals surface area (Å²) in [5, 5.41) is 11.1. The van der Waals surface area contributed by atoms with Crippen molar-refractivity contribution in [2.75, 3.05) is 14.2 Å². The molecule has 0 radical (unpaired) electrons. The third-order valence-corrected chi connectivity index (χ3v) is 5.39. The maximum Gasteiger partial charge on any atom is 0.295 e. The van der Waals surface area contributed by atoms with Gasteiger partial charge in [-0.15, -0.1) is 0 Å². The van der Waals surface area contributed by atoms with Crippen molar-refractivity contribution in [1.29, 1.82) is 0 Å². The largest absolute Gasteiger partial charge is 0.507 e. The minimum Gasteiger partial charge on any atom is -0.507 e. The number of amides is 1. The standard InChI is InChI=1S/C25H22N2O5/c1-31-19-11-10-18(13-20(19)32-2)22-21(23(28)17-8-4-3-5-9-17)24(29)25(30)27(22)15-16-7-6-12-26-14-16/h3-14,22,28H,15H2,1-2H3/b23-21+. The highest BCUT2D eigenvalue weighted by Crippen LogP contribution is 2.42. The topological polar surface area (TPSA) is 89.0 Å². The van der Waals surface area contributed by atoms with Gasteiger partial charge in [0.1, 0.15) is 5.76 Å². The van der Waals surface area contributed by atoms with Crippen molar-refractivity contribution in [2.45, 2.75) is 12.6 Å². The first-order valence-corrected chi connectivity index (χ1v) is 9.99. The summed E-state index contributed by atoms with van der Waals surface area (Å²) < 4.78 is 10.7. The molecule has 7 nitrogen and oxygen atoms in total. The molecule has 4 rings (SSSR count). The van der Waals surface area contributed by atoms with E-state index in [2.05, 4.69) is 4.98 Å². The SMILES string of the molecule is COc1ccc(C2/C(=C(\O)c3ccccc3)C(=O)C(=O)N2Cc2cccnc2)cc1OC. The van der Waals surface area contributed by atoms with Gasteiger partial charge in [0.05, 0.1) is 25.8 Å². The van der Waals surface area contributed by atoms with Gasteiger partial charge in [-0.25, -0.2) is 0 Å². The molecule has 1 fully saturated rings. The summed E-state index contributed by atoms with van der Waals surface area (Å²) in [6.07, 6.45) is 3.28. The number of ether oxygens (including phenoxy) is 2. The van der Waals surface area contributed by atoms with E-state index in [1.807, 2.05) is 12.1 Å². The minimum absolute atomic E-state index is 0.0253. The zero-order valence-corrected chi connectivity index (χ0v) is 17.7. The second kappa shape index (κ2) is 8.93. The highest BCUT2D eigenvalue weighted by atomic mass is 16.5. The number of rotatable bonds is 6. The maximum absolute atomic E-state index is 13.1. The van der Waals surface area contributed by atoms with Gasteiger partial charge in [0.15, 0.2) is 11.5 Å². The smallest absolute Gasteiger partial charge is 0.295 e. The Morgan fingerprint density at radius 1 is 1.00 bits per heavy atom. The first-order chi connectivity index (χ1) is 15.5. The van der Waals surface area contributed by atoms with Crippen LogP contribution in [0.5, 0.6) is 11.5 Å². The second-order valence-electron chi connectivity index (χ2n) is 7.27. The molecule has 1 aliphatic heterocycles. The summed E-state index contributed by atoms with van der Waals surface area (Å²) in [6, 6.07) is 16.7. The Labute approximate surface area is 185 Å². The number of aliphatic hydroxyl groups is 1. The lowest BCUT2D eigenvalue weighted by atomic mass is 9.95. The number of pyridine rings is 1. The molecule has 0 aliphatic carbocycles. The number of likely N-dealkylation sites (tertiary alicyclic amines) is 1. The van der Waals surface area contributed by atoms with E-state index < -0.39 is 17.7 Å². The van der Waals surface area contributed by atoms with Crippen molar-refractivity contribution in [3.8, 4) is 11.5 Å². The Morgan fingerprint density at radius 2 is 1.75 bits per heavy atom. The van der Waals surface area contributed by atoms with E-state index in [1.54, 1.807) is 60.9 Å². The van der Waals surface area contributed by atoms with E-state index in [9.17, 15) is 14.7 Å². The van der Waals surface area contributed by atoms with Gasteiger partial charge in [0.2, 0.25) is 0 Å². The molecule has 1 aromatic heterocycles. The number of hydrogen-bond donors (Lipinski definition) is 1. The van der Waals surface area contributed by atoms with E-state index in [-0.39, 0.29) is 17.9 Å². The lowest BCUT2D eigenvalue weighted by Crippen LogP contribution is -2.29. The molecule has 1 amide bonds. The number of Topliss-reactive ketones (excluding diaryl/α,β-unsaturated/α-hetero) is 1. The number of aliphatic hydroxyl groups excluding tert-OH is 1. The van der Waals surface area contributed by atoms with Crippen LogP contribution in [0.2, 0.25) is 0 Å². The van der Waals surface area contributed by atoms with Crippen molar-refractivity contribution >= 4 is 17.4 Å². The Balaban J connectivity index is 1.89. The number of benzene rings is 2. The van der Waals surface area contributed by atoms with Crippen molar-refractivity contribution in [3.05, 3.63) is 95.3 Å². The summed E-state index contributed by atoms with van der Waals surface area (Å²) in [6.45, 7) is 0.156. The normalized spacial score (nSPS) is 17.4. The monoisotopic (exact) mass is 430 g/mol. The van der Waals surface area contributed by atoms with Crippen LogP contribution in [-0.4, -0.2) is 40.9 Å². The fourth-order valence-electron chi connectivity index (χ4n) is 3.85. The molecule has 32 heavy (non-hydrogen) atoms. The number of carbonyl (C=O) groups is 2. The third-order valence-electron chi connectivity index (χ3n) is 5.39. The number of nitrogens with zero attached hydrogens (tertiary/aromatic N) is 2. The van der Waals surface area contributed by atoms with Crippen molar-refractivity contribution in [1.82, 2.24) is 9.88 Å². The van der Waals surface area contributed by atoms with Gasteiger partial charge in [-0.2, -0.15) is 0 Å². The number of methoxy groups -OCH3 is 2. The molecule has 1 N–H and O–H groups in total. The molecular weight excluding hydrogens is 408 g/mol. The second-order valence-corrected chi connectivity index (χ2v) is 7.27. The first-order valence-electron chi connectivity index (χ1n) is 9.99. The molecule has 0 spiro atoms. The van der Waals surface area contributed by atoms with Gasteiger partial charge < -0.3 is 19.5 Å². The van der Waals surface area contributed by atoms with Crippen LogP contribution in [-0.2, 0) is 16.1 Å². The molecule has 3 aromatic rings. The van der Waals surface area contributed by atoms with Crippen molar-refractivity contribution < 1.29 is 24.2 Å². The van der Waals surface area contributed by atoms with Gasteiger partial charge >= 0.3 is 0 Å². The fraction of sp³-hybridized carbons (Fsp3) is 0.160. The summed E-state index contributed by atoms with van der Waals surface area (Å²) >= 11 is 0. The predicted molar refractivity (Wildman–Crippen MR) is 118 cm³/mol. The van der Waals surface area contributed by atoms with Gasteiger partial charge in [-0.05, 0) is 29.3 Å². The predicted octanol–water partition coefficient (Wildman–Crippen LogP) is 3.72. The Kier molecular flexibility index (Phi) is 5.89. The summed E-state index contributed by atoms with van der Waals surface area (Å²) in [5.41, 5.74) is 1.86. The summed E-state index contributed by atoms with van der Waals surface area (Å²) in [4.78, 5) is 31.7. The van der Waals surface area contributed by atoms with Gasteiger partial charge in [-0.3, -0.25) is 14.6 Å². The van der Waals surface area contributed by atoms with E-state index in [0.29, 0.717) is 22.6 Å². The zero-order valence-electron chi connectivity index (χ0n) is 17.7. The van der Waals surface area contributed by atoms with Gasteiger partial charge in [0.25, 0.3) is 11.7 Å². The first kappa shape index (κ1) is 21.1. The van der Waals surface area contributed by atoms with Crippen LogP contribution in [0.1, 0.15) is 22.7 Å². The fourth-order valence-corrected chi connectivity index (χ4v) is 3.85. The Hall–Kier alpha value is -4.13. The number of carbonyl (C=O) groups excluding carboxylic acids is 2. The van der Waals surface area contributed by atoms with Gasteiger partial charge in [0, 0.05) is 24.5 Å². The average molecular weight is 430 g/mol. The molecule has 1 aliphatic rings. The molecule has 1 unspecified atom stereocenters. The molecule has 2 aromatic carbocycles. The molecule has 2 heterocycles. The summed E-state index contributed by atoms with van der Waals surface area (Å²) in [7, 11) is 3.04. The lowest BCUT2D eigenvalue weighted by Gasteiger charge is -2.26. The van der Waals surface area contributed by atoms with Crippen LogP contribution in [0, 0.1) is 0 Å². The van der Waals surface area contributed by atoms with Crippen molar-refractivity contribution in [2.24, 2.45) is 0 Å². The van der Waals surface area contributed by atoms with Crippen LogP contribution >= 0.6 is 0 Å². The van der Waals surface area contributed by atoms with E-state index in [4.69, 9.17) is 9.47 Å². The molecule has 162 valence electrons. The molecular formula is C25H22N2O5. The summed E-state index contributed by atoms with van der Waals surface area (Å²) in [5.74, 6) is -0.682.